The molecule has 1 aromatic heterocycles. The van der Waals surface area contributed by atoms with E-state index in [-0.39, 0.29) is 0 Å². The SMILES string of the molecule is CCc1nc(S[C@H](C(N)=O)c2ccc(Br)cc2)n[nH]1. The number of aryl methyl sites for hydroxylation is 1. The fraction of sp³-hybridized carbons (Fsp3) is 0.250. The molecular weight excluding hydrogens is 328 g/mol. The van der Waals surface area contributed by atoms with Crippen LogP contribution in [0.3, 0.4) is 0 Å². The van der Waals surface area contributed by atoms with E-state index in [1.54, 1.807) is 0 Å². The first-order valence-electron chi connectivity index (χ1n) is 5.73. The van der Waals surface area contributed by atoms with Gasteiger partial charge in [-0.25, -0.2) is 4.98 Å². The average Bonchev–Trinajstić information content (AvgIpc) is 2.85. The smallest absolute Gasteiger partial charge is 0.235 e. The van der Waals surface area contributed by atoms with Crippen molar-refractivity contribution in [3.8, 4) is 0 Å². The van der Waals surface area contributed by atoms with E-state index in [4.69, 9.17) is 5.73 Å². The zero-order valence-corrected chi connectivity index (χ0v) is 12.7. The summed E-state index contributed by atoms with van der Waals surface area (Å²) in [7, 11) is 0. The number of nitrogens with zero attached hydrogens (tertiary/aromatic N) is 2. The molecule has 0 radical (unpaired) electrons. The lowest BCUT2D eigenvalue weighted by molar-refractivity contribution is -0.117. The standard InChI is InChI=1S/C12H13BrN4OS/c1-2-9-15-12(17-16-9)19-10(11(14)18)7-3-5-8(13)6-4-7/h3-6,10H,2H2,1H3,(H2,14,18)(H,15,16,17)/t10-/m0/s1. The molecule has 5 nitrogen and oxygen atoms in total. The number of rotatable bonds is 5. The summed E-state index contributed by atoms with van der Waals surface area (Å²) in [4.78, 5) is 15.9. The van der Waals surface area contributed by atoms with Crippen LogP contribution in [0, 0.1) is 0 Å². The van der Waals surface area contributed by atoms with Crippen LogP contribution in [0.2, 0.25) is 0 Å². The molecule has 2 aromatic rings. The Balaban J connectivity index is 2.21. The van der Waals surface area contributed by atoms with Crippen molar-refractivity contribution in [2.45, 2.75) is 23.8 Å². The lowest BCUT2D eigenvalue weighted by Crippen LogP contribution is -2.19. The van der Waals surface area contributed by atoms with Gasteiger partial charge in [0, 0.05) is 10.9 Å². The highest BCUT2D eigenvalue weighted by atomic mass is 79.9. The van der Waals surface area contributed by atoms with Crippen LogP contribution in [0.25, 0.3) is 0 Å². The number of H-pyrrole nitrogens is 1. The first kappa shape index (κ1) is 14.1. The molecule has 1 atom stereocenters. The summed E-state index contributed by atoms with van der Waals surface area (Å²) in [5.41, 5.74) is 6.29. The van der Waals surface area contributed by atoms with Crippen molar-refractivity contribution in [2.24, 2.45) is 5.73 Å². The summed E-state index contributed by atoms with van der Waals surface area (Å²) in [5.74, 6) is 0.386. The minimum absolute atomic E-state index is 0.407. The summed E-state index contributed by atoms with van der Waals surface area (Å²) < 4.78 is 0.954. The number of hydrogen-bond donors (Lipinski definition) is 2. The third-order valence-electron chi connectivity index (χ3n) is 2.50. The van der Waals surface area contributed by atoms with Crippen LogP contribution in [0.15, 0.2) is 33.9 Å². The molecule has 0 aliphatic rings. The molecule has 3 N–H and O–H groups in total. The van der Waals surface area contributed by atoms with Gasteiger partial charge in [0.25, 0.3) is 0 Å². The molecule has 0 saturated carbocycles. The fourth-order valence-electron chi connectivity index (χ4n) is 1.52. The monoisotopic (exact) mass is 340 g/mol. The number of aromatic amines is 1. The molecule has 1 aromatic carbocycles. The lowest BCUT2D eigenvalue weighted by Gasteiger charge is -2.11. The number of carbonyl (C=O) groups is 1. The van der Waals surface area contributed by atoms with Gasteiger partial charge >= 0.3 is 0 Å². The van der Waals surface area contributed by atoms with Crippen molar-refractivity contribution < 1.29 is 4.79 Å². The maximum absolute atomic E-state index is 11.6. The zero-order chi connectivity index (χ0) is 13.8. The van der Waals surface area contributed by atoms with Gasteiger partial charge in [-0.15, -0.1) is 5.10 Å². The van der Waals surface area contributed by atoms with E-state index < -0.39 is 11.2 Å². The van der Waals surface area contributed by atoms with Crippen LogP contribution in [0.1, 0.15) is 23.6 Å². The van der Waals surface area contributed by atoms with Crippen molar-refractivity contribution in [3.05, 3.63) is 40.1 Å². The molecule has 0 aliphatic carbocycles. The molecule has 19 heavy (non-hydrogen) atoms. The Labute approximate surface area is 123 Å². The molecule has 1 amide bonds. The first-order chi connectivity index (χ1) is 9.10. The second kappa shape index (κ2) is 6.21. The van der Waals surface area contributed by atoms with Crippen LogP contribution >= 0.6 is 27.7 Å². The van der Waals surface area contributed by atoms with Crippen LogP contribution in [0.4, 0.5) is 0 Å². The number of nitrogens with two attached hydrogens (primary N) is 1. The van der Waals surface area contributed by atoms with E-state index in [0.29, 0.717) is 5.16 Å². The number of halogens is 1. The Hall–Kier alpha value is -1.34. The summed E-state index contributed by atoms with van der Waals surface area (Å²) in [6, 6.07) is 7.47. The largest absolute Gasteiger partial charge is 0.368 e. The Kier molecular flexibility index (Phi) is 4.60. The normalized spacial score (nSPS) is 12.3. The number of hydrogen-bond acceptors (Lipinski definition) is 4. The van der Waals surface area contributed by atoms with Crippen LogP contribution in [-0.2, 0) is 11.2 Å². The van der Waals surface area contributed by atoms with Gasteiger partial charge in [0.1, 0.15) is 11.1 Å². The minimum Gasteiger partial charge on any atom is -0.368 e. The predicted octanol–water partition coefficient (Wildman–Crippen LogP) is 2.45. The van der Waals surface area contributed by atoms with Crippen molar-refractivity contribution >= 4 is 33.6 Å². The number of amides is 1. The van der Waals surface area contributed by atoms with E-state index >= 15 is 0 Å². The van der Waals surface area contributed by atoms with Gasteiger partial charge in [0.05, 0.1) is 0 Å². The van der Waals surface area contributed by atoms with E-state index in [1.165, 1.54) is 11.8 Å². The van der Waals surface area contributed by atoms with Crippen molar-refractivity contribution in [2.75, 3.05) is 0 Å². The van der Waals surface area contributed by atoms with Crippen molar-refractivity contribution in [3.63, 3.8) is 0 Å². The number of primary amides is 1. The van der Waals surface area contributed by atoms with E-state index in [2.05, 4.69) is 31.1 Å². The Morgan fingerprint density at radius 2 is 2.16 bits per heavy atom. The molecule has 100 valence electrons. The van der Waals surface area contributed by atoms with E-state index in [9.17, 15) is 4.79 Å². The second-order valence-corrected chi connectivity index (χ2v) is 5.86. The molecule has 7 heteroatoms. The molecule has 0 saturated heterocycles. The molecule has 0 bridgehead atoms. The van der Waals surface area contributed by atoms with Crippen LogP contribution in [-0.4, -0.2) is 21.1 Å². The van der Waals surface area contributed by atoms with Crippen LogP contribution < -0.4 is 5.73 Å². The van der Waals surface area contributed by atoms with Gasteiger partial charge in [-0.2, -0.15) is 0 Å². The summed E-state index contributed by atoms with van der Waals surface area (Å²) in [6.07, 6.45) is 0.771. The van der Waals surface area contributed by atoms with Crippen molar-refractivity contribution in [1.82, 2.24) is 15.2 Å². The highest BCUT2D eigenvalue weighted by Gasteiger charge is 2.21. The van der Waals surface area contributed by atoms with Gasteiger partial charge in [0.2, 0.25) is 11.1 Å². The van der Waals surface area contributed by atoms with Gasteiger partial charge in [-0.3, -0.25) is 9.89 Å². The third kappa shape index (κ3) is 3.57. The lowest BCUT2D eigenvalue weighted by atomic mass is 10.1. The average molecular weight is 341 g/mol. The third-order valence-corrected chi connectivity index (χ3v) is 4.16. The van der Waals surface area contributed by atoms with E-state index in [1.807, 2.05) is 31.2 Å². The number of benzene rings is 1. The summed E-state index contributed by atoms with van der Waals surface area (Å²) in [5, 5.41) is 6.92. The topological polar surface area (TPSA) is 84.7 Å². The molecule has 1 heterocycles. The zero-order valence-electron chi connectivity index (χ0n) is 10.3. The molecule has 0 spiro atoms. The maximum atomic E-state index is 11.6. The summed E-state index contributed by atoms with van der Waals surface area (Å²) in [6.45, 7) is 1.98. The first-order valence-corrected chi connectivity index (χ1v) is 7.40. The Bertz CT molecular complexity index is 569. The Morgan fingerprint density at radius 3 is 2.68 bits per heavy atom. The van der Waals surface area contributed by atoms with Crippen molar-refractivity contribution in [1.29, 1.82) is 0 Å². The van der Waals surface area contributed by atoms with Gasteiger partial charge in [-0.1, -0.05) is 46.7 Å². The predicted molar refractivity (Wildman–Crippen MR) is 77.7 cm³/mol. The van der Waals surface area contributed by atoms with Gasteiger partial charge in [0.15, 0.2) is 0 Å². The quantitative estimate of drug-likeness (QED) is 0.818. The van der Waals surface area contributed by atoms with Gasteiger partial charge in [-0.05, 0) is 17.7 Å². The highest BCUT2D eigenvalue weighted by Crippen LogP contribution is 2.33. The number of thioether (sulfide) groups is 1. The molecular formula is C12H13BrN4OS. The molecule has 0 unspecified atom stereocenters. The second-order valence-electron chi connectivity index (χ2n) is 3.87. The maximum Gasteiger partial charge on any atom is 0.235 e. The molecule has 0 aliphatic heterocycles. The number of nitrogens with one attached hydrogen (secondary N) is 1. The summed E-state index contributed by atoms with van der Waals surface area (Å²) >= 11 is 4.61. The minimum atomic E-state index is -0.492. The van der Waals surface area contributed by atoms with Gasteiger partial charge < -0.3 is 5.73 Å². The molecule has 2 rings (SSSR count). The van der Waals surface area contributed by atoms with Crippen LogP contribution in [0.5, 0.6) is 0 Å². The number of carbonyl (C=O) groups excluding carboxylic acids is 1. The fourth-order valence-corrected chi connectivity index (χ4v) is 2.67. The number of aromatic nitrogens is 3. The van der Waals surface area contributed by atoms with E-state index in [0.717, 1.165) is 22.3 Å². The Morgan fingerprint density at radius 1 is 1.47 bits per heavy atom. The highest BCUT2D eigenvalue weighted by molar-refractivity contribution is 9.10. The molecule has 0 fully saturated rings.